The number of hydrogen-bond donors (Lipinski definition) is 2. The molecule has 0 saturated heterocycles. The third-order valence-electron chi connectivity index (χ3n) is 2.99. The molecule has 1 heterocycles. The lowest BCUT2D eigenvalue weighted by Crippen LogP contribution is -2.27. The third-order valence-corrected chi connectivity index (χ3v) is 2.99. The minimum absolute atomic E-state index is 0.0641. The highest BCUT2D eigenvalue weighted by molar-refractivity contribution is 5.85. The van der Waals surface area contributed by atoms with Crippen LogP contribution in [0.1, 0.15) is 26.5 Å². The van der Waals surface area contributed by atoms with Crippen LogP contribution in [0.2, 0.25) is 0 Å². The summed E-state index contributed by atoms with van der Waals surface area (Å²) in [6.45, 7) is 5.77. The lowest BCUT2D eigenvalue weighted by atomic mass is 10.2. The topological polar surface area (TPSA) is 68.2 Å². The zero-order valence-electron chi connectivity index (χ0n) is 13.7. The molecule has 1 aromatic heterocycles. The number of anilines is 2. The Balaban J connectivity index is 2.03. The van der Waals surface area contributed by atoms with Crippen LogP contribution in [-0.2, 0) is 18.3 Å². The number of nitrogens with zero attached hydrogens (tertiary/aromatic N) is 2. The Labute approximate surface area is 134 Å². The largest absolute Gasteiger partial charge is 0.444 e. The van der Waals surface area contributed by atoms with Crippen LogP contribution < -0.4 is 10.6 Å². The highest BCUT2D eigenvalue weighted by Crippen LogP contribution is 2.21. The van der Waals surface area contributed by atoms with E-state index in [-0.39, 0.29) is 5.69 Å². The van der Waals surface area contributed by atoms with Crippen LogP contribution in [0.25, 0.3) is 0 Å². The van der Waals surface area contributed by atoms with Crippen molar-refractivity contribution in [2.75, 3.05) is 10.6 Å². The maximum absolute atomic E-state index is 13.8. The van der Waals surface area contributed by atoms with Crippen LogP contribution >= 0.6 is 0 Å². The second-order valence-electron chi connectivity index (χ2n) is 6.17. The molecule has 7 heteroatoms. The molecule has 1 aromatic carbocycles. The third kappa shape index (κ3) is 4.98. The van der Waals surface area contributed by atoms with Gasteiger partial charge in [-0.2, -0.15) is 0 Å². The van der Waals surface area contributed by atoms with Gasteiger partial charge in [0.2, 0.25) is 0 Å². The Morgan fingerprint density at radius 3 is 2.74 bits per heavy atom. The van der Waals surface area contributed by atoms with E-state index in [1.165, 1.54) is 12.1 Å². The molecule has 0 saturated carbocycles. The number of benzene rings is 1. The Bertz CT molecular complexity index is 692. The van der Waals surface area contributed by atoms with Gasteiger partial charge in [-0.25, -0.2) is 14.2 Å². The molecule has 124 valence electrons. The molecule has 2 rings (SSSR count). The van der Waals surface area contributed by atoms with Crippen LogP contribution in [-0.4, -0.2) is 21.2 Å². The number of amides is 1. The average molecular weight is 320 g/mol. The summed E-state index contributed by atoms with van der Waals surface area (Å²) in [5.41, 5.74) is 1.08. The van der Waals surface area contributed by atoms with Crippen LogP contribution in [0.4, 0.5) is 20.6 Å². The van der Waals surface area contributed by atoms with Crippen LogP contribution in [0.3, 0.4) is 0 Å². The fourth-order valence-electron chi connectivity index (χ4n) is 1.89. The van der Waals surface area contributed by atoms with E-state index >= 15 is 0 Å². The quantitative estimate of drug-likeness (QED) is 0.904. The van der Waals surface area contributed by atoms with Gasteiger partial charge in [-0.05, 0) is 39.0 Å². The first-order chi connectivity index (χ1) is 10.7. The first-order valence-electron chi connectivity index (χ1n) is 7.23. The fourth-order valence-corrected chi connectivity index (χ4v) is 1.89. The summed E-state index contributed by atoms with van der Waals surface area (Å²) in [6.07, 6.45) is 2.76. The van der Waals surface area contributed by atoms with Crippen LogP contribution in [0, 0.1) is 5.82 Å². The fraction of sp³-hybridized carbons (Fsp3) is 0.375. The van der Waals surface area contributed by atoms with E-state index in [0.29, 0.717) is 12.2 Å². The van der Waals surface area contributed by atoms with E-state index in [9.17, 15) is 9.18 Å². The molecule has 0 aliphatic heterocycles. The Kier molecular flexibility index (Phi) is 4.88. The summed E-state index contributed by atoms with van der Waals surface area (Å²) in [5.74, 6) is -0.526. The molecule has 23 heavy (non-hydrogen) atoms. The molecule has 0 unspecified atom stereocenters. The number of aromatic nitrogens is 2. The number of ether oxygens (including phenoxy) is 1. The SMILES string of the molecule is Cn1cncc1CNc1ccc(F)c(NC(=O)OC(C)(C)C)c1. The van der Waals surface area contributed by atoms with Gasteiger partial charge in [-0.15, -0.1) is 0 Å². The molecule has 1 amide bonds. The number of imidazole rings is 1. The van der Waals surface area contributed by atoms with Gasteiger partial charge in [-0.3, -0.25) is 5.32 Å². The van der Waals surface area contributed by atoms with E-state index < -0.39 is 17.5 Å². The average Bonchev–Trinajstić information content (AvgIpc) is 2.83. The summed E-state index contributed by atoms with van der Waals surface area (Å²) in [6, 6.07) is 4.42. The van der Waals surface area contributed by atoms with Crippen molar-refractivity contribution < 1.29 is 13.9 Å². The van der Waals surface area contributed by atoms with E-state index in [2.05, 4.69) is 15.6 Å². The molecule has 0 aliphatic carbocycles. The van der Waals surface area contributed by atoms with Crippen molar-refractivity contribution >= 4 is 17.5 Å². The summed E-state index contributed by atoms with van der Waals surface area (Å²) >= 11 is 0. The lowest BCUT2D eigenvalue weighted by Gasteiger charge is -2.20. The van der Waals surface area contributed by atoms with E-state index in [1.807, 2.05) is 11.6 Å². The van der Waals surface area contributed by atoms with Crippen LogP contribution in [0.5, 0.6) is 0 Å². The van der Waals surface area contributed by atoms with Crippen molar-refractivity contribution in [2.45, 2.75) is 32.9 Å². The molecule has 0 spiro atoms. The Hall–Kier alpha value is -2.57. The van der Waals surface area contributed by atoms with Crippen molar-refractivity contribution in [3.8, 4) is 0 Å². The second-order valence-corrected chi connectivity index (χ2v) is 6.17. The highest BCUT2D eigenvalue weighted by Gasteiger charge is 2.17. The number of nitrogens with one attached hydrogen (secondary N) is 2. The first kappa shape index (κ1) is 16.8. The number of hydrogen-bond acceptors (Lipinski definition) is 4. The molecule has 6 nitrogen and oxygen atoms in total. The van der Waals surface area contributed by atoms with Crippen molar-refractivity contribution in [1.29, 1.82) is 0 Å². The minimum Gasteiger partial charge on any atom is -0.444 e. The first-order valence-corrected chi connectivity index (χ1v) is 7.23. The predicted molar refractivity (Wildman–Crippen MR) is 86.8 cm³/mol. The molecular formula is C16H21FN4O2. The summed E-state index contributed by atoms with van der Waals surface area (Å²) < 4.78 is 20.8. The van der Waals surface area contributed by atoms with Crippen LogP contribution in [0.15, 0.2) is 30.7 Å². The molecule has 0 bridgehead atoms. The Morgan fingerprint density at radius 2 is 2.13 bits per heavy atom. The number of carbonyl (C=O) groups is 1. The lowest BCUT2D eigenvalue weighted by molar-refractivity contribution is 0.0635. The molecule has 0 aliphatic rings. The second kappa shape index (κ2) is 6.68. The van der Waals surface area contributed by atoms with Crippen molar-refractivity contribution in [2.24, 2.45) is 7.05 Å². The predicted octanol–water partition coefficient (Wildman–Crippen LogP) is 3.52. The van der Waals surface area contributed by atoms with Gasteiger partial charge in [0, 0.05) is 18.9 Å². The Morgan fingerprint density at radius 1 is 1.39 bits per heavy atom. The van der Waals surface area contributed by atoms with Gasteiger partial charge in [0.05, 0.1) is 24.3 Å². The summed E-state index contributed by atoms with van der Waals surface area (Å²) in [7, 11) is 1.89. The van der Waals surface area contributed by atoms with Crippen molar-refractivity contribution in [1.82, 2.24) is 9.55 Å². The smallest absolute Gasteiger partial charge is 0.412 e. The summed E-state index contributed by atoms with van der Waals surface area (Å²) in [4.78, 5) is 15.8. The standard InChI is InChI=1S/C16H21FN4O2/c1-16(2,3)23-15(22)20-14-7-11(5-6-13(14)17)19-9-12-8-18-10-21(12)4/h5-8,10,19H,9H2,1-4H3,(H,20,22). The zero-order valence-corrected chi connectivity index (χ0v) is 13.7. The van der Waals surface area contributed by atoms with Gasteiger partial charge in [0.1, 0.15) is 11.4 Å². The molecule has 0 atom stereocenters. The number of rotatable bonds is 4. The zero-order chi connectivity index (χ0) is 17.0. The molecular weight excluding hydrogens is 299 g/mol. The number of carbonyl (C=O) groups excluding carboxylic acids is 1. The highest BCUT2D eigenvalue weighted by atomic mass is 19.1. The van der Waals surface area contributed by atoms with Crippen molar-refractivity contribution in [3.63, 3.8) is 0 Å². The van der Waals surface area contributed by atoms with E-state index in [0.717, 1.165) is 5.69 Å². The number of halogens is 1. The molecule has 2 aromatic rings. The van der Waals surface area contributed by atoms with E-state index in [4.69, 9.17) is 4.74 Å². The molecule has 2 N–H and O–H groups in total. The maximum Gasteiger partial charge on any atom is 0.412 e. The maximum atomic E-state index is 13.8. The molecule has 0 fully saturated rings. The van der Waals surface area contributed by atoms with Crippen molar-refractivity contribution in [3.05, 3.63) is 42.2 Å². The van der Waals surface area contributed by atoms with Gasteiger partial charge in [0.15, 0.2) is 0 Å². The minimum atomic E-state index is -0.694. The summed E-state index contributed by atoms with van der Waals surface area (Å²) in [5, 5.41) is 5.58. The molecule has 0 radical (unpaired) electrons. The van der Waals surface area contributed by atoms with Gasteiger partial charge in [0.25, 0.3) is 0 Å². The van der Waals surface area contributed by atoms with Gasteiger partial charge in [-0.1, -0.05) is 0 Å². The van der Waals surface area contributed by atoms with Gasteiger partial charge >= 0.3 is 6.09 Å². The monoisotopic (exact) mass is 320 g/mol. The van der Waals surface area contributed by atoms with Gasteiger partial charge < -0.3 is 14.6 Å². The normalized spacial score (nSPS) is 11.2. The number of aryl methyl sites for hydroxylation is 1. The van der Waals surface area contributed by atoms with E-state index in [1.54, 1.807) is 39.4 Å².